The monoisotopic (exact) mass is 424 g/mol. The van der Waals surface area contributed by atoms with Gasteiger partial charge in [0.25, 0.3) is 0 Å². The number of aromatic nitrogens is 1. The van der Waals surface area contributed by atoms with Crippen LogP contribution >= 0.6 is 0 Å². The van der Waals surface area contributed by atoms with Gasteiger partial charge in [-0.05, 0) is 68.7 Å². The molecule has 158 valence electrons. The lowest BCUT2D eigenvalue weighted by molar-refractivity contribution is 0.297. The highest BCUT2D eigenvalue weighted by atomic mass is 32.2. The van der Waals surface area contributed by atoms with Crippen molar-refractivity contribution in [1.29, 1.82) is 0 Å². The maximum Gasteiger partial charge on any atom is 0.244 e. The Kier molecular flexibility index (Phi) is 5.47. The second kappa shape index (κ2) is 7.93. The van der Waals surface area contributed by atoms with Crippen molar-refractivity contribution in [3.8, 4) is 5.75 Å². The molecule has 2 aromatic carbocycles. The summed E-state index contributed by atoms with van der Waals surface area (Å²) in [4.78, 5) is 0.420. The Labute approximate surface area is 179 Å². The van der Waals surface area contributed by atoms with Gasteiger partial charge >= 0.3 is 0 Å². The summed E-state index contributed by atoms with van der Waals surface area (Å²) in [5, 5.41) is 0. The van der Waals surface area contributed by atoms with Crippen LogP contribution in [0.25, 0.3) is 0 Å². The van der Waals surface area contributed by atoms with E-state index in [1.54, 1.807) is 4.31 Å². The summed E-state index contributed by atoms with van der Waals surface area (Å²) in [7, 11) is -3.69. The van der Waals surface area contributed by atoms with E-state index in [1.807, 2.05) is 82.4 Å². The second-order valence-electron chi connectivity index (χ2n) is 7.87. The number of nitrogens with zero attached hydrogens (tertiary/aromatic N) is 2. The molecule has 1 aliphatic rings. The first-order chi connectivity index (χ1) is 14.3. The van der Waals surface area contributed by atoms with Gasteiger partial charge in [0.15, 0.2) is 0 Å². The van der Waals surface area contributed by atoms with E-state index in [0.717, 1.165) is 33.7 Å². The number of aryl methyl sites for hydroxylation is 3. The minimum Gasteiger partial charge on any atom is -0.494 e. The van der Waals surface area contributed by atoms with Gasteiger partial charge in [-0.25, -0.2) is 8.42 Å². The zero-order chi connectivity index (χ0) is 21.5. The first-order valence-corrected chi connectivity index (χ1v) is 11.7. The van der Waals surface area contributed by atoms with Gasteiger partial charge in [0.1, 0.15) is 5.75 Å². The highest BCUT2D eigenvalue weighted by Crippen LogP contribution is 2.38. The topological polar surface area (TPSA) is 51.5 Å². The second-order valence-corrected chi connectivity index (χ2v) is 9.70. The number of hydrogen-bond donors (Lipinski definition) is 0. The number of sulfonamides is 1. The standard InChI is InChI=1S/C24H28N2O3S/c1-5-29-21-10-8-20(9-11-21)23-22-7-6-12-25(22)13-14-26(23)30(27,28)24-18(3)15-17(2)16-19(24)4/h6-12,15-16,23H,5,13-14H2,1-4H3. The van der Waals surface area contributed by atoms with Gasteiger partial charge in [0, 0.05) is 25.0 Å². The highest BCUT2D eigenvalue weighted by molar-refractivity contribution is 7.89. The van der Waals surface area contributed by atoms with Crippen molar-refractivity contribution in [2.75, 3.05) is 13.2 Å². The van der Waals surface area contributed by atoms with Gasteiger partial charge < -0.3 is 9.30 Å². The SMILES string of the molecule is CCOc1ccc(C2c3cccn3CCN2S(=O)(=O)c2c(C)cc(C)cc2C)cc1. The average molecular weight is 425 g/mol. The molecule has 2 heterocycles. The largest absolute Gasteiger partial charge is 0.494 e. The Morgan fingerprint density at radius 3 is 2.30 bits per heavy atom. The Bertz CT molecular complexity index is 1140. The van der Waals surface area contributed by atoms with Crippen LogP contribution in [0.5, 0.6) is 5.75 Å². The van der Waals surface area contributed by atoms with E-state index in [2.05, 4.69) is 4.57 Å². The van der Waals surface area contributed by atoms with E-state index in [0.29, 0.717) is 24.6 Å². The van der Waals surface area contributed by atoms with Crippen LogP contribution in [0.1, 0.15) is 40.9 Å². The van der Waals surface area contributed by atoms with Gasteiger partial charge in [-0.2, -0.15) is 4.31 Å². The molecule has 1 aliphatic heterocycles. The summed E-state index contributed by atoms with van der Waals surface area (Å²) in [6, 6.07) is 15.3. The molecular weight excluding hydrogens is 396 g/mol. The minimum absolute atomic E-state index is 0.380. The average Bonchev–Trinajstić information content (AvgIpc) is 3.16. The summed E-state index contributed by atoms with van der Waals surface area (Å²) < 4.78 is 37.2. The zero-order valence-electron chi connectivity index (χ0n) is 17.9. The number of hydrogen-bond acceptors (Lipinski definition) is 3. The zero-order valence-corrected chi connectivity index (χ0v) is 18.7. The molecule has 1 aromatic heterocycles. The predicted octanol–water partition coefficient (Wildman–Crippen LogP) is 4.61. The first-order valence-electron chi connectivity index (χ1n) is 10.3. The summed E-state index contributed by atoms with van der Waals surface area (Å²) in [6.07, 6.45) is 2.02. The molecule has 1 atom stereocenters. The van der Waals surface area contributed by atoms with Crippen LogP contribution < -0.4 is 4.74 Å². The van der Waals surface area contributed by atoms with Crippen molar-refractivity contribution in [3.05, 3.63) is 82.7 Å². The lowest BCUT2D eigenvalue weighted by Crippen LogP contribution is -2.42. The quantitative estimate of drug-likeness (QED) is 0.601. The van der Waals surface area contributed by atoms with Crippen molar-refractivity contribution in [2.45, 2.75) is 45.2 Å². The summed E-state index contributed by atoms with van der Waals surface area (Å²) in [6.45, 7) is 9.36. The van der Waals surface area contributed by atoms with Crippen molar-refractivity contribution in [2.24, 2.45) is 0 Å². The molecule has 3 aromatic rings. The van der Waals surface area contributed by atoms with E-state index in [4.69, 9.17) is 4.74 Å². The molecule has 0 amide bonds. The third-order valence-corrected chi connectivity index (χ3v) is 7.84. The third-order valence-electron chi connectivity index (χ3n) is 5.67. The molecule has 4 rings (SSSR count). The van der Waals surface area contributed by atoms with Gasteiger partial charge in [-0.3, -0.25) is 0 Å². The Hall–Kier alpha value is -2.57. The molecule has 0 aliphatic carbocycles. The molecule has 0 fully saturated rings. The van der Waals surface area contributed by atoms with Gasteiger partial charge in [-0.15, -0.1) is 0 Å². The van der Waals surface area contributed by atoms with Gasteiger partial charge in [0.2, 0.25) is 10.0 Å². The fraction of sp³-hybridized carbons (Fsp3) is 0.333. The molecule has 6 heteroatoms. The number of fused-ring (bicyclic) bond motifs is 1. The van der Waals surface area contributed by atoms with E-state index in [9.17, 15) is 8.42 Å². The van der Waals surface area contributed by atoms with E-state index < -0.39 is 10.0 Å². The Morgan fingerprint density at radius 1 is 1.00 bits per heavy atom. The van der Waals surface area contributed by atoms with Crippen LogP contribution in [0.3, 0.4) is 0 Å². The normalized spacial score (nSPS) is 17.0. The molecule has 0 N–H and O–H groups in total. The lowest BCUT2D eigenvalue weighted by atomic mass is 10.0. The molecule has 0 saturated carbocycles. The number of rotatable bonds is 5. The molecule has 0 spiro atoms. The molecule has 0 bridgehead atoms. The van der Waals surface area contributed by atoms with Gasteiger partial charge in [0.05, 0.1) is 17.5 Å². The number of ether oxygens (including phenoxy) is 1. The molecular formula is C24H28N2O3S. The fourth-order valence-corrected chi connectivity index (χ4v) is 6.56. The van der Waals surface area contributed by atoms with Crippen molar-refractivity contribution < 1.29 is 13.2 Å². The Balaban J connectivity index is 1.84. The summed E-state index contributed by atoms with van der Waals surface area (Å²) in [5.41, 5.74) is 4.57. The van der Waals surface area contributed by atoms with Crippen molar-refractivity contribution in [3.63, 3.8) is 0 Å². The van der Waals surface area contributed by atoms with Gasteiger partial charge in [-0.1, -0.05) is 29.8 Å². The maximum absolute atomic E-state index is 13.9. The van der Waals surface area contributed by atoms with Crippen LogP contribution in [0.15, 0.2) is 59.6 Å². The van der Waals surface area contributed by atoms with Crippen LogP contribution in [0.2, 0.25) is 0 Å². The van der Waals surface area contributed by atoms with Crippen molar-refractivity contribution in [1.82, 2.24) is 8.87 Å². The maximum atomic E-state index is 13.9. The van der Waals surface area contributed by atoms with E-state index in [-0.39, 0.29) is 6.04 Å². The molecule has 1 unspecified atom stereocenters. The smallest absolute Gasteiger partial charge is 0.244 e. The van der Waals surface area contributed by atoms with Crippen LogP contribution in [-0.2, 0) is 16.6 Å². The molecule has 30 heavy (non-hydrogen) atoms. The molecule has 0 saturated heterocycles. The van der Waals surface area contributed by atoms with E-state index in [1.165, 1.54) is 0 Å². The predicted molar refractivity (Wildman–Crippen MR) is 118 cm³/mol. The summed E-state index contributed by atoms with van der Waals surface area (Å²) >= 11 is 0. The summed E-state index contributed by atoms with van der Waals surface area (Å²) in [5.74, 6) is 0.784. The van der Waals surface area contributed by atoms with Crippen LogP contribution in [0, 0.1) is 20.8 Å². The fourth-order valence-electron chi connectivity index (χ4n) is 4.56. The lowest BCUT2D eigenvalue weighted by Gasteiger charge is -2.37. The van der Waals surface area contributed by atoms with E-state index >= 15 is 0 Å². The molecule has 0 radical (unpaired) electrons. The Morgan fingerprint density at radius 2 is 1.67 bits per heavy atom. The van der Waals surface area contributed by atoms with Crippen LogP contribution in [-0.4, -0.2) is 30.4 Å². The van der Waals surface area contributed by atoms with Crippen LogP contribution in [0.4, 0.5) is 0 Å². The highest BCUT2D eigenvalue weighted by Gasteiger charge is 2.38. The third kappa shape index (κ3) is 3.55. The van der Waals surface area contributed by atoms with Crippen molar-refractivity contribution >= 4 is 10.0 Å². The minimum atomic E-state index is -3.69. The first kappa shape index (κ1) is 20.7. The molecule has 5 nitrogen and oxygen atoms in total. The number of benzene rings is 2.